The predicted octanol–water partition coefficient (Wildman–Crippen LogP) is 3.69. The number of hydrogen-bond acceptors (Lipinski definition) is 3. The van der Waals surface area contributed by atoms with E-state index in [1.165, 1.54) is 24.1 Å². The lowest BCUT2D eigenvalue weighted by atomic mass is 10.1. The Balaban J connectivity index is 0.00000320. The Kier molecular flexibility index (Phi) is 9.42. The third kappa shape index (κ3) is 6.35. The zero-order chi connectivity index (χ0) is 20.6. The highest BCUT2D eigenvalue weighted by atomic mass is 127. The highest BCUT2D eigenvalue weighted by Gasteiger charge is 2.14. The summed E-state index contributed by atoms with van der Waals surface area (Å²) in [7, 11) is 3.41. The standard InChI is InChI=1S/C23H31N5O.HI/c1-17(20-7-6-8-21(15-20)28-13-4-5-14-28)27-23(25-3)26-16-18-9-11-19(12-10-18)22(29)24-2;/h6-12,15,17H,4-5,13-14,16H2,1-3H3,(H,24,29)(H2,25,26,27);1H. The summed E-state index contributed by atoms with van der Waals surface area (Å²) in [6, 6.07) is 16.5. The summed E-state index contributed by atoms with van der Waals surface area (Å²) in [5.74, 6) is 0.673. The molecular formula is C23H32IN5O. The minimum absolute atomic E-state index is 0. The molecule has 6 nitrogen and oxygen atoms in total. The molecule has 0 bridgehead atoms. The quantitative estimate of drug-likeness (QED) is 0.308. The monoisotopic (exact) mass is 521 g/mol. The summed E-state index contributed by atoms with van der Waals surface area (Å²) in [5, 5.41) is 9.44. The zero-order valence-electron chi connectivity index (χ0n) is 17.9. The van der Waals surface area contributed by atoms with Gasteiger partial charge in [0, 0.05) is 45.0 Å². The summed E-state index contributed by atoms with van der Waals surface area (Å²) in [4.78, 5) is 18.4. The van der Waals surface area contributed by atoms with Crippen molar-refractivity contribution in [2.24, 2.45) is 4.99 Å². The smallest absolute Gasteiger partial charge is 0.251 e. The first-order valence-corrected chi connectivity index (χ1v) is 10.2. The largest absolute Gasteiger partial charge is 0.372 e. The number of hydrogen-bond donors (Lipinski definition) is 3. The van der Waals surface area contributed by atoms with Gasteiger partial charge in [-0.05, 0) is 55.2 Å². The molecule has 30 heavy (non-hydrogen) atoms. The number of halogens is 1. The minimum Gasteiger partial charge on any atom is -0.372 e. The Morgan fingerprint density at radius 1 is 1.13 bits per heavy atom. The third-order valence-electron chi connectivity index (χ3n) is 5.32. The number of benzene rings is 2. The molecule has 1 heterocycles. The average Bonchev–Trinajstić information content (AvgIpc) is 3.31. The number of amides is 1. The summed E-state index contributed by atoms with van der Waals surface area (Å²) < 4.78 is 0. The number of guanidine groups is 1. The summed E-state index contributed by atoms with van der Waals surface area (Å²) in [5.41, 5.74) is 4.29. The van der Waals surface area contributed by atoms with Crippen LogP contribution >= 0.6 is 24.0 Å². The van der Waals surface area contributed by atoms with Crippen molar-refractivity contribution in [1.29, 1.82) is 0 Å². The van der Waals surface area contributed by atoms with Crippen molar-refractivity contribution in [2.45, 2.75) is 32.4 Å². The molecule has 0 aromatic heterocycles. The van der Waals surface area contributed by atoms with Crippen LogP contribution in [0.5, 0.6) is 0 Å². The fourth-order valence-electron chi connectivity index (χ4n) is 3.55. The van der Waals surface area contributed by atoms with Crippen LogP contribution in [0.15, 0.2) is 53.5 Å². The van der Waals surface area contributed by atoms with Crippen LogP contribution in [0.1, 0.15) is 47.3 Å². The van der Waals surface area contributed by atoms with Crippen molar-refractivity contribution in [2.75, 3.05) is 32.1 Å². The van der Waals surface area contributed by atoms with Crippen molar-refractivity contribution in [3.8, 4) is 0 Å². The number of anilines is 1. The minimum atomic E-state index is -0.0769. The van der Waals surface area contributed by atoms with E-state index in [9.17, 15) is 4.79 Å². The topological polar surface area (TPSA) is 68.8 Å². The molecule has 1 saturated heterocycles. The molecule has 2 aromatic carbocycles. The molecule has 1 aliphatic heterocycles. The molecule has 1 atom stereocenters. The van der Waals surface area contributed by atoms with Crippen LogP contribution in [-0.4, -0.2) is 39.1 Å². The lowest BCUT2D eigenvalue weighted by Crippen LogP contribution is -2.38. The molecule has 1 aliphatic rings. The summed E-state index contributed by atoms with van der Waals surface area (Å²) in [6.45, 7) is 5.07. The van der Waals surface area contributed by atoms with E-state index < -0.39 is 0 Å². The van der Waals surface area contributed by atoms with Crippen molar-refractivity contribution in [3.63, 3.8) is 0 Å². The second-order valence-corrected chi connectivity index (χ2v) is 7.36. The first-order chi connectivity index (χ1) is 14.1. The second-order valence-electron chi connectivity index (χ2n) is 7.36. The maximum absolute atomic E-state index is 11.6. The van der Waals surface area contributed by atoms with Gasteiger partial charge in [-0.25, -0.2) is 0 Å². The van der Waals surface area contributed by atoms with E-state index >= 15 is 0 Å². The second kappa shape index (κ2) is 11.8. The number of carbonyl (C=O) groups is 1. The van der Waals surface area contributed by atoms with Gasteiger partial charge in [-0.2, -0.15) is 0 Å². The van der Waals surface area contributed by atoms with Crippen LogP contribution in [-0.2, 0) is 6.54 Å². The van der Waals surface area contributed by atoms with Crippen molar-refractivity contribution < 1.29 is 4.79 Å². The van der Waals surface area contributed by atoms with E-state index in [1.54, 1.807) is 14.1 Å². The van der Waals surface area contributed by atoms with E-state index in [2.05, 4.69) is 57.0 Å². The molecule has 1 amide bonds. The van der Waals surface area contributed by atoms with Gasteiger partial charge < -0.3 is 20.9 Å². The zero-order valence-corrected chi connectivity index (χ0v) is 20.3. The Labute approximate surface area is 196 Å². The van der Waals surface area contributed by atoms with E-state index in [1.807, 2.05) is 24.3 Å². The molecule has 3 rings (SSSR count). The van der Waals surface area contributed by atoms with Gasteiger partial charge in [-0.3, -0.25) is 9.79 Å². The van der Waals surface area contributed by atoms with Gasteiger partial charge in [0.15, 0.2) is 5.96 Å². The van der Waals surface area contributed by atoms with E-state index in [-0.39, 0.29) is 35.9 Å². The molecular weight excluding hydrogens is 489 g/mol. The molecule has 0 aliphatic carbocycles. The van der Waals surface area contributed by atoms with Crippen molar-refractivity contribution in [1.82, 2.24) is 16.0 Å². The van der Waals surface area contributed by atoms with E-state index in [0.717, 1.165) is 24.6 Å². The molecule has 3 N–H and O–H groups in total. The number of carbonyl (C=O) groups excluding carboxylic acids is 1. The van der Waals surface area contributed by atoms with Crippen LogP contribution in [0.25, 0.3) is 0 Å². The first kappa shape index (κ1) is 24.0. The van der Waals surface area contributed by atoms with Crippen LogP contribution in [0.2, 0.25) is 0 Å². The highest BCUT2D eigenvalue weighted by molar-refractivity contribution is 14.0. The van der Waals surface area contributed by atoms with E-state index in [0.29, 0.717) is 12.1 Å². The van der Waals surface area contributed by atoms with Crippen LogP contribution < -0.4 is 20.9 Å². The molecule has 162 valence electrons. The molecule has 1 fully saturated rings. The fourth-order valence-corrected chi connectivity index (χ4v) is 3.55. The van der Waals surface area contributed by atoms with Gasteiger partial charge in [0.2, 0.25) is 0 Å². The Morgan fingerprint density at radius 2 is 1.83 bits per heavy atom. The Bertz CT molecular complexity index is 847. The molecule has 2 aromatic rings. The fraction of sp³-hybridized carbons (Fsp3) is 0.391. The molecule has 7 heteroatoms. The lowest BCUT2D eigenvalue weighted by molar-refractivity contribution is 0.0963. The first-order valence-electron chi connectivity index (χ1n) is 10.2. The van der Waals surface area contributed by atoms with Crippen molar-refractivity contribution >= 4 is 41.5 Å². The number of nitrogens with one attached hydrogen (secondary N) is 3. The van der Waals surface area contributed by atoms with Crippen LogP contribution in [0, 0.1) is 0 Å². The van der Waals surface area contributed by atoms with Crippen LogP contribution in [0.3, 0.4) is 0 Å². The van der Waals surface area contributed by atoms with Gasteiger partial charge in [-0.15, -0.1) is 24.0 Å². The molecule has 0 radical (unpaired) electrons. The van der Waals surface area contributed by atoms with Crippen LogP contribution in [0.4, 0.5) is 5.69 Å². The number of aliphatic imine (C=N–C) groups is 1. The van der Waals surface area contributed by atoms with Gasteiger partial charge in [0.1, 0.15) is 0 Å². The van der Waals surface area contributed by atoms with E-state index in [4.69, 9.17) is 0 Å². The maximum Gasteiger partial charge on any atom is 0.251 e. The SMILES string of the molecule is CN=C(NCc1ccc(C(=O)NC)cc1)NC(C)c1cccc(N2CCCC2)c1.I. The molecule has 0 saturated carbocycles. The molecule has 1 unspecified atom stereocenters. The molecule has 0 spiro atoms. The van der Waals surface area contributed by atoms with Gasteiger partial charge in [-0.1, -0.05) is 24.3 Å². The highest BCUT2D eigenvalue weighted by Crippen LogP contribution is 2.23. The normalized spacial score (nSPS) is 14.6. The van der Waals surface area contributed by atoms with Gasteiger partial charge in [0.05, 0.1) is 6.04 Å². The summed E-state index contributed by atoms with van der Waals surface area (Å²) >= 11 is 0. The Morgan fingerprint density at radius 3 is 2.47 bits per heavy atom. The third-order valence-corrected chi connectivity index (χ3v) is 5.32. The average molecular weight is 521 g/mol. The van der Waals surface area contributed by atoms with Gasteiger partial charge >= 0.3 is 0 Å². The van der Waals surface area contributed by atoms with Gasteiger partial charge in [0.25, 0.3) is 5.91 Å². The van der Waals surface area contributed by atoms with Crippen molar-refractivity contribution in [3.05, 3.63) is 65.2 Å². The maximum atomic E-state index is 11.6. The lowest BCUT2D eigenvalue weighted by Gasteiger charge is -2.22. The Hall–Kier alpha value is -2.29. The predicted molar refractivity (Wildman–Crippen MR) is 135 cm³/mol. The number of rotatable bonds is 6. The number of nitrogens with zero attached hydrogens (tertiary/aromatic N) is 2. The summed E-state index contributed by atoms with van der Waals surface area (Å²) in [6.07, 6.45) is 2.55.